The third-order valence-corrected chi connectivity index (χ3v) is 22.9. The van der Waals surface area contributed by atoms with Gasteiger partial charge in [0.2, 0.25) is 88.6 Å². The molecule has 41 nitrogen and oxygen atoms in total. The van der Waals surface area contributed by atoms with E-state index >= 15 is 28.8 Å². The molecular weight excluding hydrogens is 1600 g/mol. The highest BCUT2D eigenvalue weighted by molar-refractivity contribution is 8.77. The lowest BCUT2D eigenvalue weighted by molar-refractivity contribution is -0.137. The van der Waals surface area contributed by atoms with Crippen molar-refractivity contribution < 1.29 is 81.8 Å². The number of benzene rings is 1. The molecule has 2 bridgehead atoms. The van der Waals surface area contributed by atoms with Gasteiger partial charge in [0.05, 0.1) is 12.4 Å². The van der Waals surface area contributed by atoms with Gasteiger partial charge in [0.25, 0.3) is 0 Å². The molecule has 15 amide bonds. The third-order valence-electron chi connectivity index (χ3n) is 18.0. The van der Waals surface area contributed by atoms with Crippen molar-refractivity contribution >= 4 is 150 Å². The van der Waals surface area contributed by atoms with Crippen molar-refractivity contribution in [2.24, 2.45) is 52.3 Å². The number of amides is 15. The van der Waals surface area contributed by atoms with Crippen LogP contribution in [0.15, 0.2) is 42.9 Å². The fourth-order valence-electron chi connectivity index (χ4n) is 11.8. The number of carboxylic acid groups (broad SMARTS) is 1. The number of aromatic amines is 1. The average Bonchev–Trinajstić information content (AvgIpc) is 1.39. The molecule has 3 aliphatic rings. The van der Waals surface area contributed by atoms with Crippen molar-refractivity contribution in [3.63, 3.8) is 0 Å². The van der Waals surface area contributed by atoms with E-state index in [2.05, 4.69) is 89.7 Å². The van der Waals surface area contributed by atoms with Gasteiger partial charge in [-0.15, -0.1) is 0 Å². The number of hydrogen-bond donors (Lipinski definition) is 24. The van der Waals surface area contributed by atoms with Gasteiger partial charge in [0.15, 0.2) is 11.9 Å². The number of nitrogens with one attached hydrogen (secondary N) is 18. The molecule has 117 heavy (non-hydrogen) atoms. The zero-order chi connectivity index (χ0) is 87.2. The number of guanidine groups is 2. The Morgan fingerprint density at radius 2 is 1.03 bits per heavy atom. The van der Waals surface area contributed by atoms with E-state index in [-0.39, 0.29) is 101 Å². The minimum atomic E-state index is -1.71. The van der Waals surface area contributed by atoms with E-state index in [0.717, 1.165) is 43.2 Å². The van der Waals surface area contributed by atoms with Gasteiger partial charge in [-0.3, -0.25) is 87.5 Å². The first-order valence-electron chi connectivity index (χ1n) is 38.4. The Labute approximate surface area is 694 Å². The molecule has 0 aliphatic carbocycles. The number of H-pyrrole nitrogens is 1. The summed E-state index contributed by atoms with van der Waals surface area (Å²) in [4.78, 5) is 236. The molecule has 3 aliphatic heterocycles. The molecule has 0 spiro atoms. The molecular formula is C72H116N24O17S4. The van der Waals surface area contributed by atoms with E-state index in [1.54, 1.807) is 85.7 Å². The van der Waals surface area contributed by atoms with E-state index in [9.17, 15) is 53.1 Å². The lowest BCUT2D eigenvalue weighted by atomic mass is 9.99. The molecule has 2 aromatic rings. The molecule has 1 aromatic heterocycles. The van der Waals surface area contributed by atoms with Crippen molar-refractivity contribution in [3.05, 3.63) is 54.1 Å². The molecule has 14 atom stereocenters. The smallest absolute Gasteiger partial charge is 0.303 e. The van der Waals surface area contributed by atoms with E-state index in [1.807, 2.05) is 0 Å². The van der Waals surface area contributed by atoms with Gasteiger partial charge < -0.3 is 119 Å². The maximum absolute atomic E-state index is 15.3. The molecule has 0 saturated carbocycles. The highest BCUT2D eigenvalue weighted by Crippen LogP contribution is 2.27. The SMILES string of the molecule is CC(C)C[C@@H]1NC(=O)[C@H](CC(C)C)NC(=O)[C@H](CCC(N)=O)NC(=O)[C@H](CCCNC(=N)N)NC(=O)[C@H](Cc2cnc[nH]2)NC(=O)[C@@H]2CSSC[C@@H](C(=O)N[C@@H](CC(C)C)C(=O)N[C@@H](CCCNC(=N)N)C(=O)N[C@@H](Cc3ccccc3)C(=O)N[C@H](C(N)=O)C(C)C)NC(=O)[C@H](CSSC[C@H](NC(=O)[C@@H](N)CCC(=O)O)C(=O)N2)NC1=O. The predicted octanol–water partition coefficient (Wildman–Crippen LogP) is -4.45. The minimum Gasteiger partial charge on any atom is -0.481 e. The Balaban J connectivity index is 1.99. The van der Waals surface area contributed by atoms with Crippen LogP contribution in [0.1, 0.15) is 137 Å². The van der Waals surface area contributed by atoms with Crippen LogP contribution in [0.5, 0.6) is 0 Å². The summed E-state index contributed by atoms with van der Waals surface area (Å²) >= 11 is 0. The second-order valence-corrected chi connectivity index (χ2v) is 35.0. The summed E-state index contributed by atoms with van der Waals surface area (Å²) in [6, 6.07) is -13.0. The minimum absolute atomic E-state index is 0.0180. The maximum Gasteiger partial charge on any atom is 0.303 e. The number of nitrogens with two attached hydrogens (primary N) is 5. The molecule has 0 radical (unpaired) electrons. The summed E-state index contributed by atoms with van der Waals surface area (Å²) < 4.78 is 0. The number of hydrogen-bond acceptors (Lipinski definition) is 24. The standard InChI is InChI=1S/C72H116N24O17S4/c1-35(2)24-45(62(105)84-43(17-13-23-82-72(78)79)60(103)90-48(27-39-14-10-9-11-15-39)66(109)96-56(38(7)8)57(75)100)89-67(110)51-31-115-116-32-52-68(111)91-49(28-40-29-80-34-83-40)65(108)85-42(16-12-22-81-71(76)77)59(102)86-44(19-20-54(74)97)61(104)87-46(25-36(3)4)63(106)88-47(26-37(5)6)64(107)93-53(70(113)95-51)33-117-114-30-50(69(112)94-52)92-58(101)41(73)18-21-55(98)99/h9-11,14-15,29,34-38,41-53,56H,12-13,16-28,30-33,73H2,1-8H3,(H2,74,97)(H2,75,100)(H,80,83)(H,84,105)(H,85,108)(H,86,102)(H,87,104)(H,88,106)(H,89,110)(H,90,103)(H,91,111)(H,92,101)(H,93,107)(H,94,112)(H,95,113)(H,96,109)(H,98,99)(H4,76,77,81)(H4,78,79,82)/t41-,42-,43-,44-,45-,46-,47-,48-,49-,50-,51-,52-,53-,56-/m0/s1. The molecule has 0 unspecified atom stereocenters. The Bertz CT molecular complexity index is 3740. The number of carbonyl (C=O) groups excluding carboxylic acids is 15. The van der Waals surface area contributed by atoms with Gasteiger partial charge in [-0.05, 0) is 87.0 Å². The van der Waals surface area contributed by atoms with Gasteiger partial charge in [0.1, 0.15) is 78.5 Å². The number of fused-ring (bicyclic) bond motifs is 28. The largest absolute Gasteiger partial charge is 0.481 e. The number of carbonyl (C=O) groups is 16. The quantitative estimate of drug-likeness (QED) is 0.0101. The Morgan fingerprint density at radius 3 is 1.56 bits per heavy atom. The van der Waals surface area contributed by atoms with Gasteiger partial charge in [-0.25, -0.2) is 4.98 Å². The topological polar surface area (TPSA) is 680 Å². The summed E-state index contributed by atoms with van der Waals surface area (Å²) in [5.74, 6) is -19.8. The van der Waals surface area contributed by atoms with Crippen molar-refractivity contribution in [3.8, 4) is 0 Å². The van der Waals surface area contributed by atoms with Gasteiger partial charge in [-0.2, -0.15) is 0 Å². The summed E-state index contributed by atoms with van der Waals surface area (Å²) in [6.07, 6.45) is -0.333. The molecule has 650 valence electrons. The maximum atomic E-state index is 15.3. The number of imidazole rings is 1. The second kappa shape index (κ2) is 51.1. The van der Waals surface area contributed by atoms with Crippen molar-refractivity contribution in [2.45, 2.75) is 223 Å². The normalized spacial score (nSPS) is 21.8. The first-order chi connectivity index (χ1) is 55.2. The highest BCUT2D eigenvalue weighted by atomic mass is 33.1. The number of primary amides is 2. The molecule has 3 fully saturated rings. The van der Waals surface area contributed by atoms with Crippen LogP contribution in [0.3, 0.4) is 0 Å². The molecule has 3 saturated heterocycles. The average molecular weight is 1720 g/mol. The van der Waals surface area contributed by atoms with Gasteiger partial charge in [-0.1, -0.05) is 129 Å². The van der Waals surface area contributed by atoms with Crippen molar-refractivity contribution in [1.82, 2.24) is 89.7 Å². The number of aromatic nitrogens is 2. The highest BCUT2D eigenvalue weighted by Gasteiger charge is 2.40. The zero-order valence-corrected chi connectivity index (χ0v) is 70.1. The summed E-state index contributed by atoms with van der Waals surface area (Å²) in [5.41, 5.74) is 29.4. The predicted molar refractivity (Wildman–Crippen MR) is 441 cm³/mol. The second-order valence-electron chi connectivity index (χ2n) is 29.9. The van der Waals surface area contributed by atoms with Crippen LogP contribution in [0, 0.1) is 34.5 Å². The van der Waals surface area contributed by atoms with Crippen LogP contribution in [-0.4, -0.2) is 242 Å². The molecule has 5 rings (SSSR count). The molecule has 45 heteroatoms. The Kier molecular flexibility index (Phi) is 43.4. The van der Waals surface area contributed by atoms with Crippen molar-refractivity contribution in [2.75, 3.05) is 36.1 Å². The van der Waals surface area contributed by atoms with E-state index in [1.165, 1.54) is 12.5 Å². The van der Waals surface area contributed by atoms with E-state index < -0.39 is 239 Å². The van der Waals surface area contributed by atoms with Gasteiger partial charge in [0, 0.05) is 73.7 Å². The number of rotatable bonds is 36. The first-order valence-corrected chi connectivity index (χ1v) is 43.3. The zero-order valence-electron chi connectivity index (χ0n) is 66.8. The molecule has 29 N–H and O–H groups in total. The molecule has 4 heterocycles. The van der Waals surface area contributed by atoms with Crippen LogP contribution in [0.2, 0.25) is 0 Å². The van der Waals surface area contributed by atoms with Crippen LogP contribution in [0.4, 0.5) is 0 Å². The van der Waals surface area contributed by atoms with E-state index in [0.29, 0.717) is 5.56 Å². The lowest BCUT2D eigenvalue weighted by Crippen LogP contribution is -2.62. The Hall–Kier alpha value is -10.1. The summed E-state index contributed by atoms with van der Waals surface area (Å²) in [6.45, 7) is 13.7. The fraction of sp³-hybridized carbons (Fsp3) is 0.625. The monoisotopic (exact) mass is 1720 g/mol. The number of aliphatic carboxylic acids is 1. The lowest BCUT2D eigenvalue weighted by Gasteiger charge is -2.30. The van der Waals surface area contributed by atoms with Crippen LogP contribution < -0.4 is 108 Å². The first kappa shape index (κ1) is 99.2. The van der Waals surface area contributed by atoms with Gasteiger partial charge >= 0.3 is 5.97 Å². The van der Waals surface area contributed by atoms with Crippen LogP contribution >= 0.6 is 43.2 Å². The van der Waals surface area contributed by atoms with Crippen LogP contribution in [0.25, 0.3) is 0 Å². The molecule has 1 aromatic carbocycles. The number of nitrogens with zero attached hydrogens (tertiary/aromatic N) is 1. The van der Waals surface area contributed by atoms with Crippen molar-refractivity contribution in [1.29, 1.82) is 10.8 Å². The number of carboxylic acids is 1. The van der Waals surface area contributed by atoms with Crippen LogP contribution in [-0.2, 0) is 89.6 Å². The third kappa shape index (κ3) is 37.3. The summed E-state index contributed by atoms with van der Waals surface area (Å²) in [7, 11) is 3.39. The Morgan fingerprint density at radius 1 is 0.530 bits per heavy atom. The summed E-state index contributed by atoms with van der Waals surface area (Å²) in [5, 5.41) is 64.7. The van der Waals surface area contributed by atoms with E-state index in [4.69, 9.17) is 39.5 Å². The fourth-order valence-corrected chi connectivity index (χ4v) is 16.5.